The molecule has 1 aliphatic rings. The molecular formula is C22H27NO3. The topological polar surface area (TPSA) is 38.8 Å². The lowest BCUT2D eigenvalue weighted by Crippen LogP contribution is -2.29. The van der Waals surface area contributed by atoms with Gasteiger partial charge in [0.1, 0.15) is 12.4 Å². The summed E-state index contributed by atoms with van der Waals surface area (Å²) in [5, 5.41) is 0. The van der Waals surface area contributed by atoms with Gasteiger partial charge in [0.15, 0.2) is 0 Å². The maximum atomic E-state index is 12.0. The summed E-state index contributed by atoms with van der Waals surface area (Å²) in [5.41, 5.74) is 4.10. The Morgan fingerprint density at radius 3 is 2.19 bits per heavy atom. The molecule has 0 amide bonds. The van der Waals surface area contributed by atoms with Crippen LogP contribution in [0.5, 0.6) is 5.75 Å². The van der Waals surface area contributed by atoms with Gasteiger partial charge < -0.3 is 9.47 Å². The first-order valence-electron chi connectivity index (χ1n) is 9.33. The second-order valence-corrected chi connectivity index (χ2v) is 7.01. The summed E-state index contributed by atoms with van der Waals surface area (Å²) in [6.45, 7) is 7.42. The number of benzene rings is 2. The predicted octanol–water partition coefficient (Wildman–Crippen LogP) is 5.00. The largest absolute Gasteiger partial charge is 0.514 e. The number of carbonyl (C=O) groups excluding carboxylic acids is 1. The van der Waals surface area contributed by atoms with Crippen LogP contribution in [-0.2, 0) is 17.9 Å². The molecule has 4 nitrogen and oxygen atoms in total. The molecule has 1 saturated heterocycles. The first kappa shape index (κ1) is 18.5. The number of ether oxygens (including phenoxy) is 2. The zero-order valence-electron chi connectivity index (χ0n) is 15.7. The van der Waals surface area contributed by atoms with E-state index in [0.717, 1.165) is 23.2 Å². The molecule has 0 atom stereocenters. The molecule has 1 heterocycles. The number of likely N-dealkylation sites (tertiary alicyclic amines) is 1. The Bertz CT molecular complexity index is 713. The highest BCUT2D eigenvalue weighted by Gasteiger charge is 2.12. The molecule has 138 valence electrons. The molecule has 0 spiro atoms. The molecule has 0 aliphatic carbocycles. The van der Waals surface area contributed by atoms with Crippen molar-refractivity contribution in [3.63, 3.8) is 0 Å². The van der Waals surface area contributed by atoms with Crippen molar-refractivity contribution < 1.29 is 14.3 Å². The molecule has 4 heteroatoms. The van der Waals surface area contributed by atoms with Crippen LogP contribution in [0.2, 0.25) is 0 Å². The SMILES string of the molecule is Cc1cccc(C)c1OC(=O)OCc1ccc(CN2CCCCC2)cc1. The Balaban J connectivity index is 1.49. The molecule has 0 bridgehead atoms. The molecule has 2 aromatic carbocycles. The summed E-state index contributed by atoms with van der Waals surface area (Å²) in [5.74, 6) is 0.578. The van der Waals surface area contributed by atoms with Crippen LogP contribution in [0.1, 0.15) is 41.5 Å². The minimum atomic E-state index is -0.667. The molecule has 1 aliphatic heterocycles. The molecule has 2 aromatic rings. The average Bonchev–Trinajstić information content (AvgIpc) is 2.65. The van der Waals surface area contributed by atoms with Crippen molar-refractivity contribution in [3.05, 3.63) is 64.7 Å². The van der Waals surface area contributed by atoms with Crippen LogP contribution in [0.15, 0.2) is 42.5 Å². The number of piperidine rings is 1. The Morgan fingerprint density at radius 2 is 1.54 bits per heavy atom. The van der Waals surface area contributed by atoms with Crippen molar-refractivity contribution >= 4 is 6.16 Å². The zero-order valence-corrected chi connectivity index (χ0v) is 15.7. The van der Waals surface area contributed by atoms with Crippen molar-refractivity contribution in [2.75, 3.05) is 13.1 Å². The molecule has 1 fully saturated rings. The van der Waals surface area contributed by atoms with Gasteiger partial charge in [0.2, 0.25) is 0 Å². The molecule has 0 N–H and O–H groups in total. The molecule has 0 saturated carbocycles. The number of aryl methyl sites for hydroxylation is 2. The Morgan fingerprint density at radius 1 is 0.923 bits per heavy atom. The number of nitrogens with zero attached hydrogens (tertiary/aromatic N) is 1. The van der Waals surface area contributed by atoms with Gasteiger partial charge in [-0.15, -0.1) is 0 Å². The summed E-state index contributed by atoms with van der Waals surface area (Å²) in [7, 11) is 0. The van der Waals surface area contributed by atoms with Gasteiger partial charge in [-0.3, -0.25) is 4.90 Å². The van der Waals surface area contributed by atoms with E-state index < -0.39 is 6.16 Å². The molecule has 3 rings (SSSR count). The standard InChI is InChI=1S/C22H27NO3/c1-17-7-6-8-18(2)21(17)26-22(24)25-16-20-11-9-19(10-12-20)15-23-13-4-3-5-14-23/h6-12H,3-5,13-16H2,1-2H3. The van der Waals surface area contributed by atoms with Gasteiger partial charge in [-0.25, -0.2) is 4.79 Å². The number of para-hydroxylation sites is 1. The number of hydrogen-bond acceptors (Lipinski definition) is 4. The normalized spacial score (nSPS) is 14.8. The fourth-order valence-corrected chi connectivity index (χ4v) is 3.33. The molecule has 0 aromatic heterocycles. The second kappa shape index (κ2) is 8.86. The first-order valence-corrected chi connectivity index (χ1v) is 9.33. The Hall–Kier alpha value is -2.33. The van der Waals surface area contributed by atoms with Gasteiger partial charge in [-0.1, -0.05) is 48.9 Å². The minimum absolute atomic E-state index is 0.216. The van der Waals surface area contributed by atoms with Crippen LogP contribution in [-0.4, -0.2) is 24.1 Å². The fourth-order valence-electron chi connectivity index (χ4n) is 3.33. The van der Waals surface area contributed by atoms with E-state index in [0.29, 0.717) is 5.75 Å². The van der Waals surface area contributed by atoms with Gasteiger partial charge in [0, 0.05) is 6.54 Å². The van der Waals surface area contributed by atoms with E-state index in [1.807, 2.05) is 44.2 Å². The monoisotopic (exact) mass is 353 g/mol. The predicted molar refractivity (Wildman–Crippen MR) is 102 cm³/mol. The van der Waals surface area contributed by atoms with E-state index >= 15 is 0 Å². The maximum absolute atomic E-state index is 12.0. The third-order valence-corrected chi connectivity index (χ3v) is 4.83. The van der Waals surface area contributed by atoms with Gasteiger partial charge in [0.25, 0.3) is 0 Å². The summed E-state index contributed by atoms with van der Waals surface area (Å²) in [4.78, 5) is 14.5. The van der Waals surface area contributed by atoms with E-state index in [2.05, 4.69) is 17.0 Å². The van der Waals surface area contributed by atoms with Crippen LogP contribution >= 0.6 is 0 Å². The highest BCUT2D eigenvalue weighted by molar-refractivity contribution is 5.65. The lowest BCUT2D eigenvalue weighted by atomic mass is 10.1. The van der Waals surface area contributed by atoms with Crippen LogP contribution in [0, 0.1) is 13.8 Å². The number of hydrogen-bond donors (Lipinski definition) is 0. The second-order valence-electron chi connectivity index (χ2n) is 7.01. The highest BCUT2D eigenvalue weighted by Crippen LogP contribution is 2.23. The van der Waals surface area contributed by atoms with E-state index in [1.165, 1.54) is 37.9 Å². The number of rotatable bonds is 5. The third-order valence-electron chi connectivity index (χ3n) is 4.83. The summed E-state index contributed by atoms with van der Waals surface area (Å²) >= 11 is 0. The average molecular weight is 353 g/mol. The Labute approximate surface area is 155 Å². The summed E-state index contributed by atoms with van der Waals surface area (Å²) in [6.07, 6.45) is 3.29. The quantitative estimate of drug-likeness (QED) is 0.560. The lowest BCUT2D eigenvalue weighted by molar-refractivity contribution is 0.0922. The maximum Gasteiger partial charge on any atom is 0.514 e. The van der Waals surface area contributed by atoms with Crippen molar-refractivity contribution in [1.82, 2.24) is 4.90 Å². The molecule has 0 radical (unpaired) electrons. The van der Waals surface area contributed by atoms with E-state index in [9.17, 15) is 4.79 Å². The summed E-state index contributed by atoms with van der Waals surface area (Å²) in [6, 6.07) is 14.0. The third kappa shape index (κ3) is 5.09. The Kier molecular flexibility index (Phi) is 6.29. The van der Waals surface area contributed by atoms with Crippen molar-refractivity contribution in [1.29, 1.82) is 0 Å². The first-order chi connectivity index (χ1) is 12.6. The van der Waals surface area contributed by atoms with Gasteiger partial charge >= 0.3 is 6.16 Å². The smallest absolute Gasteiger partial charge is 0.429 e. The fraction of sp³-hybridized carbons (Fsp3) is 0.409. The minimum Gasteiger partial charge on any atom is -0.429 e. The summed E-state index contributed by atoms with van der Waals surface area (Å²) < 4.78 is 10.6. The van der Waals surface area contributed by atoms with Crippen LogP contribution < -0.4 is 4.74 Å². The van der Waals surface area contributed by atoms with Crippen molar-refractivity contribution in [2.45, 2.75) is 46.3 Å². The zero-order chi connectivity index (χ0) is 18.4. The highest BCUT2D eigenvalue weighted by atomic mass is 16.7. The van der Waals surface area contributed by atoms with Crippen molar-refractivity contribution in [2.24, 2.45) is 0 Å². The van der Waals surface area contributed by atoms with E-state index in [4.69, 9.17) is 9.47 Å². The van der Waals surface area contributed by atoms with Gasteiger partial charge in [-0.2, -0.15) is 0 Å². The van der Waals surface area contributed by atoms with Crippen LogP contribution in [0.4, 0.5) is 4.79 Å². The van der Waals surface area contributed by atoms with Gasteiger partial charge in [-0.05, 0) is 62.0 Å². The molecule has 26 heavy (non-hydrogen) atoms. The van der Waals surface area contributed by atoms with E-state index in [-0.39, 0.29) is 6.61 Å². The number of carbonyl (C=O) groups is 1. The van der Waals surface area contributed by atoms with Crippen LogP contribution in [0.25, 0.3) is 0 Å². The molecule has 0 unspecified atom stereocenters. The van der Waals surface area contributed by atoms with Gasteiger partial charge in [0.05, 0.1) is 0 Å². The van der Waals surface area contributed by atoms with Crippen molar-refractivity contribution in [3.8, 4) is 5.75 Å². The lowest BCUT2D eigenvalue weighted by Gasteiger charge is -2.26. The molecular weight excluding hydrogens is 326 g/mol. The van der Waals surface area contributed by atoms with E-state index in [1.54, 1.807) is 0 Å². The van der Waals surface area contributed by atoms with Crippen LogP contribution in [0.3, 0.4) is 0 Å².